The third-order valence-electron chi connectivity index (χ3n) is 3.30. The van der Waals surface area contributed by atoms with Gasteiger partial charge in [-0.05, 0) is 6.26 Å². The molecule has 124 valence electrons. The second-order valence-corrected chi connectivity index (χ2v) is 5.53. The van der Waals surface area contributed by atoms with E-state index in [0.29, 0.717) is 5.16 Å². The number of nitrogen functional groups attached to an aromatic ring is 1. The first-order chi connectivity index (χ1) is 10.4. The number of thioether (sulfide) groups is 1. The van der Waals surface area contributed by atoms with Crippen LogP contribution in [0.2, 0.25) is 0 Å². The van der Waals surface area contributed by atoms with Crippen LogP contribution >= 0.6 is 11.8 Å². The van der Waals surface area contributed by atoms with E-state index in [4.69, 9.17) is 15.6 Å². The monoisotopic (exact) mass is 334 g/mol. The molecule has 0 amide bonds. The lowest BCUT2D eigenvalue weighted by Gasteiger charge is -2.40. The molecule has 1 aliphatic rings. The highest BCUT2D eigenvalue weighted by atomic mass is 32.2. The van der Waals surface area contributed by atoms with E-state index in [9.17, 15) is 20.1 Å². The lowest BCUT2D eigenvalue weighted by atomic mass is 9.98. The van der Waals surface area contributed by atoms with Gasteiger partial charge in [0, 0.05) is 0 Å². The van der Waals surface area contributed by atoms with Crippen molar-refractivity contribution >= 4 is 23.3 Å². The van der Waals surface area contributed by atoms with E-state index in [0.717, 1.165) is 0 Å². The molecule has 2 rings (SSSR count). The standard InChI is InChI=1S/C11H18N4O6S/c1-22-11-14-8(4(12)9(20)15-11)13-10-7(19)6(18)5(17)3(2-16)21-10/h3,5-7,10,16-19H,2,12H2,1H3,(H2,13,14,15,20)/t3-,5+,6+,7-,10+/m0/s1. The van der Waals surface area contributed by atoms with Crippen LogP contribution in [0, 0.1) is 0 Å². The van der Waals surface area contributed by atoms with Crippen molar-refractivity contribution in [1.82, 2.24) is 9.97 Å². The molecule has 0 aromatic carbocycles. The lowest BCUT2D eigenvalue weighted by Crippen LogP contribution is -2.60. The molecule has 10 nitrogen and oxygen atoms in total. The van der Waals surface area contributed by atoms with Gasteiger partial charge in [0.05, 0.1) is 6.61 Å². The number of aromatic amines is 1. The smallest absolute Gasteiger partial charge is 0.276 e. The van der Waals surface area contributed by atoms with Crippen LogP contribution in [0.15, 0.2) is 9.95 Å². The Kier molecular flexibility index (Phi) is 5.26. The molecule has 5 atom stereocenters. The average molecular weight is 334 g/mol. The fraction of sp³-hybridized carbons (Fsp3) is 0.636. The summed E-state index contributed by atoms with van der Waals surface area (Å²) in [5.41, 5.74) is 4.84. The molecule has 0 unspecified atom stereocenters. The number of nitrogens with zero attached hydrogens (tertiary/aromatic N) is 1. The Bertz CT molecular complexity index is 582. The number of aromatic nitrogens is 2. The average Bonchev–Trinajstić information content (AvgIpc) is 2.51. The molecule has 1 aromatic rings. The van der Waals surface area contributed by atoms with Crippen molar-refractivity contribution < 1.29 is 25.2 Å². The predicted molar refractivity (Wildman–Crippen MR) is 78.4 cm³/mol. The van der Waals surface area contributed by atoms with Crippen molar-refractivity contribution in [3.05, 3.63) is 10.4 Å². The summed E-state index contributed by atoms with van der Waals surface area (Å²) in [5.74, 6) is -0.0302. The van der Waals surface area contributed by atoms with Crippen molar-refractivity contribution in [3.63, 3.8) is 0 Å². The zero-order valence-corrected chi connectivity index (χ0v) is 12.4. The van der Waals surface area contributed by atoms with Gasteiger partial charge in [-0.15, -0.1) is 0 Å². The molecule has 8 N–H and O–H groups in total. The molecule has 2 heterocycles. The Hall–Kier alpha value is -1.37. The highest BCUT2D eigenvalue weighted by Crippen LogP contribution is 2.24. The van der Waals surface area contributed by atoms with Crippen LogP contribution in [-0.2, 0) is 4.74 Å². The van der Waals surface area contributed by atoms with Gasteiger partial charge in [-0.25, -0.2) is 4.98 Å². The fourth-order valence-corrected chi connectivity index (χ4v) is 2.40. The third-order valence-corrected chi connectivity index (χ3v) is 3.88. The van der Waals surface area contributed by atoms with Gasteiger partial charge >= 0.3 is 0 Å². The summed E-state index contributed by atoms with van der Waals surface area (Å²) in [4.78, 5) is 18.2. The Labute approximate surface area is 129 Å². The second-order valence-electron chi connectivity index (χ2n) is 4.73. The Morgan fingerprint density at radius 3 is 2.64 bits per heavy atom. The number of H-pyrrole nitrogens is 1. The molecular weight excluding hydrogens is 316 g/mol. The number of nitrogens with two attached hydrogens (primary N) is 1. The summed E-state index contributed by atoms with van der Waals surface area (Å²) in [6.45, 7) is -0.558. The van der Waals surface area contributed by atoms with Gasteiger partial charge in [0.1, 0.15) is 30.1 Å². The van der Waals surface area contributed by atoms with E-state index in [1.54, 1.807) is 6.26 Å². The van der Waals surface area contributed by atoms with Crippen LogP contribution in [0.5, 0.6) is 0 Å². The number of nitrogens with one attached hydrogen (secondary N) is 2. The maximum atomic E-state index is 11.7. The molecule has 0 radical (unpaired) electrons. The van der Waals surface area contributed by atoms with Crippen molar-refractivity contribution in [2.75, 3.05) is 23.9 Å². The van der Waals surface area contributed by atoms with E-state index >= 15 is 0 Å². The first kappa shape index (κ1) is 17.0. The van der Waals surface area contributed by atoms with E-state index in [2.05, 4.69) is 15.3 Å². The summed E-state index contributed by atoms with van der Waals surface area (Å²) in [6, 6.07) is 0. The third kappa shape index (κ3) is 3.19. The summed E-state index contributed by atoms with van der Waals surface area (Å²) in [6.07, 6.45) is -5.08. The summed E-state index contributed by atoms with van der Waals surface area (Å²) >= 11 is 1.18. The maximum Gasteiger partial charge on any atom is 0.276 e. The molecule has 1 aromatic heterocycles. The number of ether oxygens (including phenoxy) is 1. The van der Waals surface area contributed by atoms with Crippen molar-refractivity contribution in [2.24, 2.45) is 0 Å². The number of aliphatic hydroxyl groups excluding tert-OH is 4. The summed E-state index contributed by atoms with van der Waals surface area (Å²) in [5, 5.41) is 41.4. The van der Waals surface area contributed by atoms with Crippen molar-refractivity contribution in [2.45, 2.75) is 35.8 Å². The number of rotatable bonds is 4. The second kappa shape index (κ2) is 6.81. The molecule has 1 fully saturated rings. The molecule has 1 saturated heterocycles. The minimum absolute atomic E-state index is 0.0302. The summed E-state index contributed by atoms with van der Waals surface area (Å²) < 4.78 is 5.27. The molecule has 0 spiro atoms. The fourth-order valence-electron chi connectivity index (χ4n) is 2.02. The number of hydrogen-bond acceptors (Lipinski definition) is 10. The van der Waals surface area contributed by atoms with Crippen LogP contribution in [0.3, 0.4) is 0 Å². The zero-order chi connectivity index (χ0) is 16.4. The van der Waals surface area contributed by atoms with E-state index in [1.165, 1.54) is 11.8 Å². The van der Waals surface area contributed by atoms with Crippen LogP contribution in [-0.4, -0.2) is 73.9 Å². The van der Waals surface area contributed by atoms with Gasteiger partial charge < -0.3 is 36.2 Å². The first-order valence-electron chi connectivity index (χ1n) is 6.39. The van der Waals surface area contributed by atoms with Gasteiger partial charge in [-0.3, -0.25) is 9.78 Å². The highest BCUT2D eigenvalue weighted by Gasteiger charge is 2.43. The van der Waals surface area contributed by atoms with Crippen LogP contribution in [0.4, 0.5) is 11.5 Å². The SMILES string of the molecule is CSc1nc(N[C@@H]2O[C@@H](CO)[C@@H](O)[C@@H](O)[C@@H]2O)c(N)c(=O)[nH]1. The number of aliphatic hydroxyl groups is 4. The Morgan fingerprint density at radius 2 is 2.05 bits per heavy atom. The Morgan fingerprint density at radius 1 is 1.36 bits per heavy atom. The minimum atomic E-state index is -1.54. The van der Waals surface area contributed by atoms with E-state index in [1.807, 2.05) is 0 Å². The van der Waals surface area contributed by atoms with Gasteiger partial charge in [-0.2, -0.15) is 0 Å². The highest BCUT2D eigenvalue weighted by molar-refractivity contribution is 7.98. The quantitative estimate of drug-likeness (QED) is 0.226. The van der Waals surface area contributed by atoms with Gasteiger partial charge in [0.2, 0.25) is 0 Å². The van der Waals surface area contributed by atoms with Crippen LogP contribution in [0.25, 0.3) is 0 Å². The molecular formula is C11H18N4O6S. The lowest BCUT2D eigenvalue weighted by molar-refractivity contribution is -0.221. The largest absolute Gasteiger partial charge is 0.394 e. The van der Waals surface area contributed by atoms with Crippen molar-refractivity contribution in [3.8, 4) is 0 Å². The van der Waals surface area contributed by atoms with Crippen LogP contribution in [0.1, 0.15) is 0 Å². The number of anilines is 2. The summed E-state index contributed by atoms with van der Waals surface area (Å²) in [7, 11) is 0. The van der Waals surface area contributed by atoms with Gasteiger partial charge in [-0.1, -0.05) is 11.8 Å². The Balaban J connectivity index is 2.26. The van der Waals surface area contributed by atoms with Gasteiger partial charge in [0.25, 0.3) is 5.56 Å². The molecule has 11 heteroatoms. The predicted octanol–water partition coefficient (Wildman–Crippen LogP) is -2.71. The minimum Gasteiger partial charge on any atom is -0.394 e. The first-order valence-corrected chi connectivity index (χ1v) is 7.62. The van der Waals surface area contributed by atoms with Gasteiger partial charge in [0.15, 0.2) is 17.2 Å². The maximum absolute atomic E-state index is 11.7. The molecule has 0 saturated carbocycles. The molecule has 0 aliphatic carbocycles. The van der Waals surface area contributed by atoms with E-state index < -0.39 is 42.8 Å². The molecule has 1 aliphatic heterocycles. The number of hydrogen-bond donors (Lipinski definition) is 7. The molecule has 22 heavy (non-hydrogen) atoms. The zero-order valence-electron chi connectivity index (χ0n) is 11.6. The topological polar surface area (TPSA) is 174 Å². The van der Waals surface area contributed by atoms with Crippen LogP contribution < -0.4 is 16.6 Å². The molecule has 0 bridgehead atoms. The van der Waals surface area contributed by atoms with E-state index in [-0.39, 0.29) is 11.5 Å². The normalized spacial score (nSPS) is 32.0. The van der Waals surface area contributed by atoms with Crippen molar-refractivity contribution in [1.29, 1.82) is 0 Å².